The lowest BCUT2D eigenvalue weighted by Gasteiger charge is -2.40. The quantitative estimate of drug-likeness (QED) is 0.0261. The summed E-state index contributed by atoms with van der Waals surface area (Å²) in [7, 11) is 0. The van der Waals surface area contributed by atoms with Crippen molar-refractivity contribution in [3.05, 3.63) is 122 Å². The lowest BCUT2D eigenvalue weighted by atomic mass is 9.99. The van der Waals surface area contributed by atoms with Gasteiger partial charge in [-0.3, -0.25) is 4.79 Å². The van der Waals surface area contributed by atoms with Crippen molar-refractivity contribution in [3.8, 4) is 0 Å². The number of amides is 1. The van der Waals surface area contributed by atoms with Crippen LogP contribution < -0.4 is 5.32 Å². The van der Waals surface area contributed by atoms with Crippen molar-refractivity contribution in [2.75, 3.05) is 13.2 Å². The molecule has 1 fully saturated rings. The fourth-order valence-electron chi connectivity index (χ4n) is 8.23. The maximum atomic E-state index is 13.0. The minimum atomic E-state index is -1.58. The van der Waals surface area contributed by atoms with E-state index < -0.39 is 49.5 Å². The summed E-state index contributed by atoms with van der Waals surface area (Å²) in [5.41, 5.74) is 0. The first-order valence-electron chi connectivity index (χ1n) is 28.8. The Hall–Kier alpha value is -3.41. The summed E-state index contributed by atoms with van der Waals surface area (Å²) in [6, 6.07) is -0.838. The van der Waals surface area contributed by atoms with E-state index in [9.17, 15) is 30.3 Å². The molecule has 0 aromatic rings. The Bertz CT molecular complexity index is 1540. The molecule has 1 aliphatic heterocycles. The van der Waals surface area contributed by atoms with E-state index in [0.29, 0.717) is 6.42 Å². The summed E-state index contributed by atoms with van der Waals surface area (Å²) in [4.78, 5) is 13.0. The van der Waals surface area contributed by atoms with Crippen LogP contribution in [0.25, 0.3) is 0 Å². The van der Waals surface area contributed by atoms with E-state index in [1.165, 1.54) is 83.5 Å². The number of allylic oxidation sites excluding steroid dienone is 19. The molecule has 9 nitrogen and oxygen atoms in total. The highest BCUT2D eigenvalue weighted by atomic mass is 16.7. The second-order valence-electron chi connectivity index (χ2n) is 19.3. The van der Waals surface area contributed by atoms with Gasteiger partial charge in [0.1, 0.15) is 24.4 Å². The van der Waals surface area contributed by atoms with Crippen LogP contribution in [0, 0.1) is 0 Å². The molecule has 0 radical (unpaired) electrons. The number of nitrogens with one attached hydrogen (secondary N) is 1. The van der Waals surface area contributed by atoms with Gasteiger partial charge in [-0.25, -0.2) is 0 Å². The molecular formula is C63H105NO8. The van der Waals surface area contributed by atoms with Crippen LogP contribution in [0.15, 0.2) is 122 Å². The second-order valence-corrected chi connectivity index (χ2v) is 19.3. The number of unbranched alkanes of at least 4 members (excludes halogenated alkanes) is 19. The number of carbonyl (C=O) groups is 1. The van der Waals surface area contributed by atoms with Crippen molar-refractivity contribution in [3.63, 3.8) is 0 Å². The number of hydrogen-bond donors (Lipinski definition) is 6. The van der Waals surface area contributed by atoms with Gasteiger partial charge in [0.2, 0.25) is 5.91 Å². The van der Waals surface area contributed by atoms with Gasteiger partial charge in [-0.1, -0.05) is 225 Å². The van der Waals surface area contributed by atoms with E-state index in [1.54, 1.807) is 6.08 Å². The Morgan fingerprint density at radius 1 is 0.486 bits per heavy atom. The molecule has 6 N–H and O–H groups in total. The third kappa shape index (κ3) is 40.0. The third-order valence-electron chi connectivity index (χ3n) is 12.7. The van der Waals surface area contributed by atoms with Crippen molar-refractivity contribution < 1.29 is 39.8 Å². The summed E-state index contributed by atoms with van der Waals surface area (Å²) >= 11 is 0. The van der Waals surface area contributed by atoms with Gasteiger partial charge in [-0.2, -0.15) is 0 Å². The maximum absolute atomic E-state index is 13.0. The Kier molecular flexibility index (Phi) is 47.3. The molecule has 0 spiro atoms. The second kappa shape index (κ2) is 51.1. The van der Waals surface area contributed by atoms with Crippen LogP contribution >= 0.6 is 0 Å². The van der Waals surface area contributed by atoms with Gasteiger partial charge in [0.15, 0.2) is 6.29 Å². The predicted molar refractivity (Wildman–Crippen MR) is 304 cm³/mol. The first kappa shape index (κ1) is 66.6. The van der Waals surface area contributed by atoms with Crippen molar-refractivity contribution in [1.29, 1.82) is 0 Å². The molecule has 72 heavy (non-hydrogen) atoms. The summed E-state index contributed by atoms with van der Waals surface area (Å²) in [6.45, 7) is 3.62. The smallest absolute Gasteiger partial charge is 0.220 e. The van der Waals surface area contributed by atoms with Crippen LogP contribution in [0.5, 0.6) is 0 Å². The number of ether oxygens (including phenoxy) is 2. The van der Waals surface area contributed by atoms with Crippen molar-refractivity contribution in [1.82, 2.24) is 5.32 Å². The number of rotatable bonds is 47. The van der Waals surface area contributed by atoms with Gasteiger partial charge in [-0.05, 0) is 103 Å². The zero-order valence-corrected chi connectivity index (χ0v) is 45.4. The highest BCUT2D eigenvalue weighted by Crippen LogP contribution is 2.23. The summed E-state index contributed by atoms with van der Waals surface area (Å²) in [6.07, 6.45) is 69.7. The van der Waals surface area contributed by atoms with Crippen molar-refractivity contribution >= 4 is 5.91 Å². The Morgan fingerprint density at radius 2 is 0.875 bits per heavy atom. The van der Waals surface area contributed by atoms with Crippen LogP contribution in [-0.4, -0.2) is 87.5 Å². The molecule has 0 bridgehead atoms. The highest BCUT2D eigenvalue weighted by molar-refractivity contribution is 5.76. The molecule has 1 rings (SSSR count). The zero-order valence-electron chi connectivity index (χ0n) is 45.4. The van der Waals surface area contributed by atoms with Crippen molar-refractivity contribution in [2.24, 2.45) is 0 Å². The molecule has 0 aromatic carbocycles. The Labute approximate surface area is 439 Å². The molecule has 410 valence electrons. The lowest BCUT2D eigenvalue weighted by molar-refractivity contribution is -0.302. The van der Waals surface area contributed by atoms with Crippen LogP contribution in [-0.2, 0) is 14.3 Å². The Balaban J connectivity index is 2.22. The fraction of sp³-hybridized carbons (Fsp3) is 0.667. The zero-order chi connectivity index (χ0) is 52.2. The van der Waals surface area contributed by atoms with Gasteiger partial charge < -0.3 is 40.3 Å². The van der Waals surface area contributed by atoms with E-state index in [2.05, 4.69) is 129 Å². The monoisotopic (exact) mass is 1000 g/mol. The van der Waals surface area contributed by atoms with Gasteiger partial charge >= 0.3 is 0 Å². The maximum Gasteiger partial charge on any atom is 0.220 e. The largest absolute Gasteiger partial charge is 0.394 e. The SMILES string of the molecule is CC/C=C\C/C=C\C/C=C\C/C=C\C/C=C\C/C=C\C/C=C\CCCCCCCCCCCCCC(=O)NC(COC1OC(CO)C(O)C(O)C1O)C(O)/C=C/CC/C=C/CC/C=C/CCCCCCCC. The van der Waals surface area contributed by atoms with Crippen LogP contribution in [0.1, 0.15) is 213 Å². The summed E-state index contributed by atoms with van der Waals surface area (Å²) < 4.78 is 11.2. The van der Waals surface area contributed by atoms with Gasteiger partial charge in [0, 0.05) is 6.42 Å². The van der Waals surface area contributed by atoms with Gasteiger partial charge in [0.05, 0.1) is 25.4 Å². The first-order chi connectivity index (χ1) is 35.3. The molecule has 7 unspecified atom stereocenters. The molecule has 1 heterocycles. The summed E-state index contributed by atoms with van der Waals surface area (Å²) in [5, 5.41) is 54.4. The highest BCUT2D eigenvalue weighted by Gasteiger charge is 2.44. The molecule has 1 aliphatic rings. The average Bonchev–Trinajstić information content (AvgIpc) is 3.38. The molecule has 0 saturated carbocycles. The van der Waals surface area contributed by atoms with E-state index in [0.717, 1.165) is 109 Å². The molecule has 9 heteroatoms. The van der Waals surface area contributed by atoms with Gasteiger partial charge in [0.25, 0.3) is 0 Å². The number of aliphatic hydroxyl groups excluding tert-OH is 5. The standard InChI is InChI=1S/C63H105NO8/c1-3-5-7-9-11-13-15-17-19-21-22-23-24-25-26-27-28-29-30-31-32-33-34-35-36-37-39-41-43-45-47-49-51-53-59(67)64-56(55-71-63-62(70)61(69)60(68)58(54-65)72-63)57(66)52-50-48-46-44-42-40-38-20-18-16-14-12-10-8-6-4-2/h5,7,11,13,17-20,22-23,25-26,28-29,31-32,42,44,50,52,56-58,60-63,65-66,68-70H,3-4,6,8-10,12,14-16,21,24,27,30,33-41,43,45-49,51,53-55H2,1-2H3,(H,64,67)/b7-5-,13-11-,19-17-,20-18+,23-22-,26-25-,29-28-,32-31-,44-42+,52-50+. The van der Waals surface area contributed by atoms with Crippen LogP contribution in [0.4, 0.5) is 0 Å². The molecule has 1 amide bonds. The molecule has 1 saturated heterocycles. The van der Waals surface area contributed by atoms with E-state index in [4.69, 9.17) is 9.47 Å². The molecule has 0 aromatic heterocycles. The number of hydrogen-bond acceptors (Lipinski definition) is 8. The minimum absolute atomic E-state index is 0.200. The van der Waals surface area contributed by atoms with E-state index in [1.807, 2.05) is 6.08 Å². The number of carbonyl (C=O) groups excluding carboxylic acids is 1. The predicted octanol–water partition coefficient (Wildman–Crippen LogP) is 14.3. The van der Waals surface area contributed by atoms with Crippen molar-refractivity contribution in [2.45, 2.75) is 256 Å². The summed E-state index contributed by atoms with van der Waals surface area (Å²) in [5.74, 6) is -0.200. The molecular weight excluding hydrogens is 899 g/mol. The van der Waals surface area contributed by atoms with Crippen LogP contribution in [0.3, 0.4) is 0 Å². The molecule has 7 atom stereocenters. The van der Waals surface area contributed by atoms with Crippen LogP contribution in [0.2, 0.25) is 0 Å². The van der Waals surface area contributed by atoms with Gasteiger partial charge in [-0.15, -0.1) is 0 Å². The third-order valence-corrected chi connectivity index (χ3v) is 12.7. The first-order valence-corrected chi connectivity index (χ1v) is 28.8. The average molecular weight is 1000 g/mol. The number of aliphatic hydroxyl groups is 5. The fourth-order valence-corrected chi connectivity index (χ4v) is 8.23. The lowest BCUT2D eigenvalue weighted by Crippen LogP contribution is -2.60. The topological polar surface area (TPSA) is 149 Å². The Morgan fingerprint density at radius 3 is 1.33 bits per heavy atom. The normalized spacial score (nSPS) is 20.1. The molecule has 0 aliphatic carbocycles. The van der Waals surface area contributed by atoms with E-state index >= 15 is 0 Å². The van der Waals surface area contributed by atoms with E-state index in [-0.39, 0.29) is 12.5 Å². The minimum Gasteiger partial charge on any atom is -0.394 e.